The number of imide groups is 1. The van der Waals surface area contributed by atoms with Crippen LogP contribution >= 0.6 is 0 Å². The molecule has 6 nitrogen and oxygen atoms in total. The van der Waals surface area contributed by atoms with E-state index < -0.39 is 24.0 Å². The van der Waals surface area contributed by atoms with E-state index in [0.717, 1.165) is 4.90 Å². The number of para-hydroxylation sites is 2. The topological polar surface area (TPSA) is 87.1 Å². The number of nitrogens with zero attached hydrogens (tertiary/aromatic N) is 1. The second-order valence-electron chi connectivity index (χ2n) is 6.31. The number of ether oxygens (including phenoxy) is 1. The molecule has 1 aromatic rings. The van der Waals surface area contributed by atoms with E-state index in [-0.39, 0.29) is 35.1 Å². The summed E-state index contributed by atoms with van der Waals surface area (Å²) in [4.78, 5) is 26.6. The maximum Gasteiger partial charge on any atom is 0.238 e. The highest BCUT2D eigenvalue weighted by molar-refractivity contribution is 6.23. The van der Waals surface area contributed by atoms with Gasteiger partial charge >= 0.3 is 0 Å². The van der Waals surface area contributed by atoms with Crippen molar-refractivity contribution in [2.24, 2.45) is 23.7 Å². The van der Waals surface area contributed by atoms with Crippen LogP contribution in [0.15, 0.2) is 24.3 Å². The van der Waals surface area contributed by atoms with Crippen molar-refractivity contribution < 1.29 is 24.5 Å². The highest BCUT2D eigenvalue weighted by atomic mass is 16.5. The molecule has 2 N–H and O–H groups in total. The fraction of sp³-hybridized carbons (Fsp3) is 0.500. The lowest BCUT2D eigenvalue weighted by Crippen LogP contribution is -2.44. The summed E-state index contributed by atoms with van der Waals surface area (Å²) in [6.45, 7) is 0. The molecule has 3 aliphatic rings. The molecule has 6 atom stereocenters. The molecular weight excluding hydrogens is 286 g/mol. The van der Waals surface area contributed by atoms with E-state index in [4.69, 9.17) is 4.74 Å². The van der Waals surface area contributed by atoms with Crippen molar-refractivity contribution in [3.8, 4) is 5.75 Å². The Morgan fingerprint density at radius 1 is 1.14 bits per heavy atom. The molecule has 1 saturated heterocycles. The van der Waals surface area contributed by atoms with Gasteiger partial charge in [-0.2, -0.15) is 0 Å². The molecule has 22 heavy (non-hydrogen) atoms. The molecule has 1 heterocycles. The second kappa shape index (κ2) is 4.54. The standard InChI is InChI=1S/C16H17NO5/c1-22-14-8-6-7(13(14)19)11-12(8)16(21)17(15(11)20)9-4-2-3-5-10(9)18/h2-5,7-8,11-14,18-19H,6H2,1H3/t7-,8-,11-,12+,13+,14-/m0/s1. The number of fused-ring (bicyclic) bond motifs is 5. The minimum atomic E-state index is -0.711. The van der Waals surface area contributed by atoms with Gasteiger partial charge in [-0.1, -0.05) is 12.1 Å². The first-order chi connectivity index (χ1) is 10.6. The van der Waals surface area contributed by atoms with Crippen LogP contribution in [0.25, 0.3) is 0 Å². The molecule has 4 rings (SSSR count). The van der Waals surface area contributed by atoms with Gasteiger partial charge < -0.3 is 14.9 Å². The molecule has 2 aliphatic carbocycles. The van der Waals surface area contributed by atoms with Crippen LogP contribution in [-0.2, 0) is 14.3 Å². The van der Waals surface area contributed by atoms with Crippen molar-refractivity contribution in [1.82, 2.24) is 0 Å². The van der Waals surface area contributed by atoms with Crippen molar-refractivity contribution in [1.29, 1.82) is 0 Å². The number of carbonyl (C=O) groups is 2. The van der Waals surface area contributed by atoms with Crippen LogP contribution < -0.4 is 4.90 Å². The van der Waals surface area contributed by atoms with Crippen molar-refractivity contribution in [2.75, 3.05) is 12.0 Å². The first-order valence-corrected chi connectivity index (χ1v) is 7.43. The van der Waals surface area contributed by atoms with E-state index >= 15 is 0 Å². The number of phenolic OH excluding ortho intramolecular Hbond substituents is 1. The first kappa shape index (κ1) is 13.7. The van der Waals surface area contributed by atoms with E-state index in [9.17, 15) is 19.8 Å². The minimum Gasteiger partial charge on any atom is -0.506 e. The first-order valence-electron chi connectivity index (χ1n) is 7.43. The molecule has 0 spiro atoms. The van der Waals surface area contributed by atoms with Gasteiger partial charge in [0, 0.05) is 18.9 Å². The van der Waals surface area contributed by atoms with Gasteiger partial charge in [0.25, 0.3) is 0 Å². The maximum atomic E-state index is 12.8. The summed E-state index contributed by atoms with van der Waals surface area (Å²) < 4.78 is 5.33. The number of benzene rings is 1. The zero-order valence-corrected chi connectivity index (χ0v) is 12.0. The third-order valence-corrected chi connectivity index (χ3v) is 5.46. The van der Waals surface area contributed by atoms with Crippen LogP contribution in [-0.4, -0.2) is 41.3 Å². The molecular formula is C16H17NO5. The lowest BCUT2D eigenvalue weighted by molar-refractivity contribution is -0.131. The number of aliphatic hydroxyl groups excluding tert-OH is 1. The van der Waals surface area contributed by atoms with E-state index in [2.05, 4.69) is 0 Å². The lowest BCUT2D eigenvalue weighted by Gasteiger charge is -2.31. The molecule has 0 unspecified atom stereocenters. The molecule has 2 saturated carbocycles. The average Bonchev–Trinajstić information content (AvgIpc) is 3.11. The van der Waals surface area contributed by atoms with Gasteiger partial charge in [0.2, 0.25) is 11.8 Å². The molecule has 1 aliphatic heterocycles. The highest BCUT2D eigenvalue weighted by Gasteiger charge is 2.67. The maximum absolute atomic E-state index is 12.8. The number of amides is 2. The van der Waals surface area contributed by atoms with Gasteiger partial charge in [-0.15, -0.1) is 0 Å². The van der Waals surface area contributed by atoms with Gasteiger partial charge in [-0.05, 0) is 18.6 Å². The smallest absolute Gasteiger partial charge is 0.238 e. The summed E-state index contributed by atoms with van der Waals surface area (Å²) in [5, 5.41) is 20.2. The van der Waals surface area contributed by atoms with Gasteiger partial charge in [-0.25, -0.2) is 4.90 Å². The van der Waals surface area contributed by atoms with Crippen molar-refractivity contribution >= 4 is 17.5 Å². The summed E-state index contributed by atoms with van der Waals surface area (Å²) in [5.74, 6) is -2.05. The van der Waals surface area contributed by atoms with Crippen molar-refractivity contribution in [2.45, 2.75) is 18.6 Å². The van der Waals surface area contributed by atoms with E-state index in [1.807, 2.05) is 0 Å². The fourth-order valence-electron chi connectivity index (χ4n) is 4.61. The van der Waals surface area contributed by atoms with Crippen LogP contribution in [0.3, 0.4) is 0 Å². The Balaban J connectivity index is 1.75. The number of rotatable bonds is 2. The Hall–Kier alpha value is -1.92. The normalized spacial score (nSPS) is 39.6. The van der Waals surface area contributed by atoms with Crippen molar-refractivity contribution in [3.05, 3.63) is 24.3 Å². The zero-order valence-electron chi connectivity index (χ0n) is 12.0. The molecule has 0 radical (unpaired) electrons. The fourth-order valence-corrected chi connectivity index (χ4v) is 4.61. The Kier molecular flexibility index (Phi) is 2.83. The van der Waals surface area contributed by atoms with Crippen LogP contribution in [0.5, 0.6) is 5.75 Å². The third kappa shape index (κ3) is 1.51. The monoisotopic (exact) mass is 303 g/mol. The number of methoxy groups -OCH3 is 1. The number of phenols is 1. The Morgan fingerprint density at radius 3 is 2.41 bits per heavy atom. The second-order valence-corrected chi connectivity index (χ2v) is 6.31. The van der Waals surface area contributed by atoms with Gasteiger partial charge in [0.15, 0.2) is 0 Å². The van der Waals surface area contributed by atoms with E-state index in [0.29, 0.717) is 6.42 Å². The van der Waals surface area contributed by atoms with Gasteiger partial charge in [-0.3, -0.25) is 9.59 Å². The Morgan fingerprint density at radius 2 is 1.77 bits per heavy atom. The number of hydrogen-bond donors (Lipinski definition) is 2. The van der Waals surface area contributed by atoms with Crippen LogP contribution in [0.2, 0.25) is 0 Å². The average molecular weight is 303 g/mol. The van der Waals surface area contributed by atoms with Crippen molar-refractivity contribution in [3.63, 3.8) is 0 Å². The zero-order chi connectivity index (χ0) is 15.6. The molecule has 3 fully saturated rings. The number of aliphatic hydroxyl groups is 1. The molecule has 1 aromatic carbocycles. The summed E-state index contributed by atoms with van der Waals surface area (Å²) >= 11 is 0. The number of anilines is 1. The predicted octanol–water partition coefficient (Wildman–Crippen LogP) is 0.523. The van der Waals surface area contributed by atoms with Gasteiger partial charge in [0.05, 0.1) is 29.7 Å². The summed E-state index contributed by atoms with van der Waals surface area (Å²) in [7, 11) is 1.52. The van der Waals surface area contributed by atoms with Crippen LogP contribution in [0, 0.1) is 23.7 Å². The SMILES string of the molecule is CO[C@@H]1[C@H](O)[C@H]2C[C@H]1[C@H]1C(=O)N(c3ccccc3O)C(=O)[C@@H]21. The number of hydrogen-bond acceptors (Lipinski definition) is 5. The van der Waals surface area contributed by atoms with E-state index in [1.165, 1.54) is 13.2 Å². The summed E-state index contributed by atoms with van der Waals surface area (Å²) in [5.41, 5.74) is 0.217. The predicted molar refractivity (Wildman–Crippen MR) is 76.0 cm³/mol. The highest BCUT2D eigenvalue weighted by Crippen LogP contribution is 2.57. The number of aromatic hydroxyl groups is 1. The quantitative estimate of drug-likeness (QED) is 0.778. The summed E-state index contributed by atoms with van der Waals surface area (Å²) in [6.07, 6.45) is -0.467. The minimum absolute atomic E-state index is 0.0969. The number of carbonyl (C=O) groups excluding carboxylic acids is 2. The van der Waals surface area contributed by atoms with Crippen LogP contribution in [0.1, 0.15) is 6.42 Å². The third-order valence-electron chi connectivity index (χ3n) is 5.46. The molecule has 116 valence electrons. The lowest BCUT2D eigenvalue weighted by atomic mass is 9.78. The molecule has 2 bridgehead atoms. The largest absolute Gasteiger partial charge is 0.506 e. The molecule has 0 aromatic heterocycles. The van der Waals surface area contributed by atoms with E-state index in [1.54, 1.807) is 18.2 Å². The Bertz CT molecular complexity index is 660. The Labute approximate surface area is 127 Å². The van der Waals surface area contributed by atoms with Gasteiger partial charge in [0.1, 0.15) is 5.75 Å². The van der Waals surface area contributed by atoms with Crippen LogP contribution in [0.4, 0.5) is 5.69 Å². The summed E-state index contributed by atoms with van der Waals surface area (Å²) in [6, 6.07) is 6.31. The molecule has 6 heteroatoms. The molecule has 2 amide bonds.